The lowest BCUT2D eigenvalue weighted by molar-refractivity contribution is 1.25. The molecular formula is C5H6N2S2. The van der Waals surface area contributed by atoms with Gasteiger partial charge in [-0.3, -0.25) is 0 Å². The van der Waals surface area contributed by atoms with Crippen LogP contribution in [0.5, 0.6) is 0 Å². The van der Waals surface area contributed by atoms with E-state index in [1.54, 1.807) is 6.33 Å². The van der Waals surface area contributed by atoms with Crippen LogP contribution < -0.4 is 0 Å². The lowest BCUT2D eigenvalue weighted by atomic mass is 10.4. The molecule has 0 atom stereocenters. The summed E-state index contributed by atoms with van der Waals surface area (Å²) in [4.78, 5) is 6.82. The molecule has 0 aromatic carbocycles. The second-order valence-corrected chi connectivity index (χ2v) is 2.83. The number of hydrogen-bond acceptors (Lipinski definition) is 2. The third-order valence-corrected chi connectivity index (χ3v) is 1.47. The number of hydrogen-bond donors (Lipinski definition) is 2. The zero-order valence-electron chi connectivity index (χ0n) is 4.88. The number of thiocarbonyl (C=S) groups is 1. The monoisotopic (exact) mass is 158 g/mol. The van der Waals surface area contributed by atoms with Crippen molar-refractivity contribution in [2.24, 2.45) is 0 Å². The van der Waals surface area contributed by atoms with Gasteiger partial charge in [-0.05, 0) is 6.92 Å². The van der Waals surface area contributed by atoms with E-state index < -0.39 is 0 Å². The molecule has 0 saturated carbocycles. The second-order valence-electron chi connectivity index (χ2n) is 1.67. The topological polar surface area (TPSA) is 28.7 Å². The number of aromatic nitrogens is 2. The third-order valence-electron chi connectivity index (χ3n) is 1.04. The van der Waals surface area contributed by atoms with Crippen LogP contribution in [0.25, 0.3) is 0 Å². The maximum atomic E-state index is 4.80. The van der Waals surface area contributed by atoms with E-state index in [4.69, 9.17) is 12.2 Å². The second kappa shape index (κ2) is 2.49. The van der Waals surface area contributed by atoms with Crippen LogP contribution in [0, 0.1) is 6.92 Å². The van der Waals surface area contributed by atoms with Gasteiger partial charge < -0.3 is 4.98 Å². The Balaban J connectivity index is 3.08. The van der Waals surface area contributed by atoms with Crippen molar-refractivity contribution in [3.63, 3.8) is 0 Å². The summed E-state index contributed by atoms with van der Waals surface area (Å²) in [6, 6.07) is 0. The van der Waals surface area contributed by atoms with Crippen molar-refractivity contribution >= 4 is 29.0 Å². The van der Waals surface area contributed by atoms with E-state index in [1.165, 1.54) is 0 Å². The average molecular weight is 158 g/mol. The number of aromatic amines is 1. The molecule has 0 spiro atoms. The molecule has 1 rings (SSSR count). The first-order chi connectivity index (χ1) is 4.22. The van der Waals surface area contributed by atoms with Crippen LogP contribution in [0.3, 0.4) is 0 Å². The minimum absolute atomic E-state index is 0.560. The number of aryl methyl sites for hydroxylation is 1. The van der Waals surface area contributed by atoms with Crippen LogP contribution in [0.4, 0.5) is 0 Å². The van der Waals surface area contributed by atoms with Gasteiger partial charge in [0.15, 0.2) is 0 Å². The highest BCUT2D eigenvalue weighted by atomic mass is 32.1. The maximum absolute atomic E-state index is 4.80. The highest BCUT2D eigenvalue weighted by Gasteiger charge is 2.00. The highest BCUT2D eigenvalue weighted by molar-refractivity contribution is 8.11. The molecule has 0 aliphatic heterocycles. The predicted octanol–water partition coefficient (Wildman–Crippen LogP) is 1.32. The van der Waals surface area contributed by atoms with Crippen molar-refractivity contribution in [2.75, 3.05) is 0 Å². The van der Waals surface area contributed by atoms with Crippen molar-refractivity contribution in [3.05, 3.63) is 17.7 Å². The zero-order chi connectivity index (χ0) is 6.85. The number of thiol groups is 1. The molecule has 0 amide bonds. The van der Waals surface area contributed by atoms with Gasteiger partial charge in [0.2, 0.25) is 0 Å². The standard InChI is InChI=1S/C5H6N2S2/c1-3-4(5(8)9)7-2-6-3/h2H,1H3,(H,6,7)(H,8,9). The molecule has 1 aromatic heterocycles. The van der Waals surface area contributed by atoms with Gasteiger partial charge in [0.05, 0.1) is 21.9 Å². The van der Waals surface area contributed by atoms with Crippen molar-refractivity contribution in [2.45, 2.75) is 6.92 Å². The third kappa shape index (κ3) is 1.31. The molecule has 0 radical (unpaired) electrons. The van der Waals surface area contributed by atoms with Gasteiger partial charge >= 0.3 is 0 Å². The molecule has 0 unspecified atom stereocenters. The van der Waals surface area contributed by atoms with Gasteiger partial charge in [0.1, 0.15) is 0 Å². The summed E-state index contributed by atoms with van der Waals surface area (Å²) < 4.78 is 0.560. The van der Waals surface area contributed by atoms with Gasteiger partial charge in [-0.2, -0.15) is 0 Å². The smallest absolute Gasteiger partial charge is 0.0929 e. The molecule has 0 fully saturated rings. The van der Waals surface area contributed by atoms with E-state index in [9.17, 15) is 0 Å². The van der Waals surface area contributed by atoms with Crippen LogP contribution >= 0.6 is 24.8 Å². The van der Waals surface area contributed by atoms with Gasteiger partial charge in [-0.25, -0.2) is 4.98 Å². The lowest BCUT2D eigenvalue weighted by Gasteiger charge is -1.89. The Morgan fingerprint density at radius 1 is 1.89 bits per heavy atom. The van der Waals surface area contributed by atoms with E-state index in [0.717, 1.165) is 11.4 Å². The molecule has 0 aliphatic carbocycles. The predicted molar refractivity (Wildman–Crippen MR) is 44.0 cm³/mol. The molecule has 9 heavy (non-hydrogen) atoms. The van der Waals surface area contributed by atoms with Gasteiger partial charge in [-0.1, -0.05) is 12.2 Å². The van der Waals surface area contributed by atoms with Crippen molar-refractivity contribution in [3.8, 4) is 0 Å². The number of nitrogens with one attached hydrogen (secondary N) is 1. The van der Waals surface area contributed by atoms with Crippen molar-refractivity contribution < 1.29 is 0 Å². The van der Waals surface area contributed by atoms with Crippen LogP contribution in [-0.2, 0) is 0 Å². The maximum Gasteiger partial charge on any atom is 0.0929 e. The van der Waals surface area contributed by atoms with Crippen LogP contribution in [0.1, 0.15) is 11.4 Å². The minimum Gasteiger partial charge on any atom is -0.343 e. The first kappa shape index (κ1) is 6.77. The van der Waals surface area contributed by atoms with Crippen LogP contribution in [-0.4, -0.2) is 14.2 Å². The largest absolute Gasteiger partial charge is 0.343 e. The van der Waals surface area contributed by atoms with E-state index in [0.29, 0.717) is 4.20 Å². The fourth-order valence-electron chi connectivity index (χ4n) is 0.579. The Bertz CT molecular complexity index is 229. The van der Waals surface area contributed by atoms with Crippen LogP contribution in [0.2, 0.25) is 0 Å². The Labute approximate surface area is 64.1 Å². The quantitative estimate of drug-likeness (QED) is 0.477. The molecule has 0 aliphatic rings. The van der Waals surface area contributed by atoms with E-state index in [2.05, 4.69) is 22.6 Å². The fraction of sp³-hybridized carbons (Fsp3) is 0.200. The molecular weight excluding hydrogens is 152 g/mol. The SMILES string of the molecule is Cc1nc[nH]c1C(=S)S. The Hall–Kier alpha value is -0.350. The number of imidazole rings is 1. The van der Waals surface area contributed by atoms with E-state index >= 15 is 0 Å². The average Bonchev–Trinajstić information content (AvgIpc) is 2.13. The number of H-pyrrole nitrogens is 1. The normalized spacial score (nSPS) is 9.56. The molecule has 4 heteroatoms. The number of rotatable bonds is 1. The van der Waals surface area contributed by atoms with Crippen molar-refractivity contribution in [1.82, 2.24) is 9.97 Å². The van der Waals surface area contributed by atoms with Crippen LogP contribution in [0.15, 0.2) is 6.33 Å². The summed E-state index contributed by atoms with van der Waals surface area (Å²) in [7, 11) is 0. The Kier molecular flexibility index (Phi) is 1.87. The first-order valence-corrected chi connectivity index (χ1v) is 3.30. The lowest BCUT2D eigenvalue weighted by Crippen LogP contribution is -1.89. The summed E-state index contributed by atoms with van der Waals surface area (Å²) in [5.74, 6) is 0. The molecule has 0 saturated heterocycles. The van der Waals surface area contributed by atoms with E-state index in [1.807, 2.05) is 6.92 Å². The summed E-state index contributed by atoms with van der Waals surface area (Å²) in [5.41, 5.74) is 1.74. The molecule has 1 N–H and O–H groups in total. The molecule has 48 valence electrons. The summed E-state index contributed by atoms with van der Waals surface area (Å²) in [6.45, 7) is 1.88. The fourth-order valence-corrected chi connectivity index (χ4v) is 1.01. The Morgan fingerprint density at radius 3 is 2.78 bits per heavy atom. The molecule has 1 aromatic rings. The van der Waals surface area contributed by atoms with Gasteiger partial charge in [-0.15, -0.1) is 12.6 Å². The van der Waals surface area contributed by atoms with E-state index in [-0.39, 0.29) is 0 Å². The summed E-state index contributed by atoms with van der Waals surface area (Å²) in [6.07, 6.45) is 1.60. The van der Waals surface area contributed by atoms with Gasteiger partial charge in [0.25, 0.3) is 0 Å². The minimum atomic E-state index is 0.560. The van der Waals surface area contributed by atoms with Crippen molar-refractivity contribution in [1.29, 1.82) is 0 Å². The zero-order valence-corrected chi connectivity index (χ0v) is 6.59. The highest BCUT2D eigenvalue weighted by Crippen LogP contribution is 2.04. The molecule has 0 bridgehead atoms. The number of nitrogens with zero attached hydrogens (tertiary/aromatic N) is 1. The molecule has 1 heterocycles. The summed E-state index contributed by atoms with van der Waals surface area (Å²) >= 11 is 8.78. The Morgan fingerprint density at radius 2 is 2.56 bits per heavy atom. The molecule has 2 nitrogen and oxygen atoms in total. The van der Waals surface area contributed by atoms with Gasteiger partial charge in [0, 0.05) is 0 Å². The first-order valence-electron chi connectivity index (χ1n) is 2.45. The summed E-state index contributed by atoms with van der Waals surface area (Å²) in [5, 5.41) is 0.